The van der Waals surface area contributed by atoms with Gasteiger partial charge in [0.05, 0.1) is 12.8 Å². The van der Waals surface area contributed by atoms with Crippen molar-refractivity contribution in [2.45, 2.75) is 0 Å². The van der Waals surface area contributed by atoms with Crippen molar-refractivity contribution in [3.63, 3.8) is 0 Å². The molecule has 3 rings (SSSR count). The number of aliphatic imine (C=N–C) groups is 1. The standard InChI is InChI=1S/C17H14FN3OS.BrH/c1-22-15-8-4-13(5-9-15)16-11-23-17(21-20-16)19-10-12-2-6-14(18)7-3-12;/h2-11,20H,1H3;1H. The van der Waals surface area contributed by atoms with Crippen LogP contribution >= 0.6 is 28.7 Å². The van der Waals surface area contributed by atoms with Crippen LogP contribution in [-0.4, -0.2) is 18.5 Å². The average molecular weight is 408 g/mol. The van der Waals surface area contributed by atoms with Gasteiger partial charge >= 0.3 is 0 Å². The van der Waals surface area contributed by atoms with E-state index >= 15 is 0 Å². The molecule has 1 N–H and O–H groups in total. The van der Waals surface area contributed by atoms with E-state index in [0.717, 1.165) is 22.6 Å². The third kappa shape index (κ3) is 4.69. The van der Waals surface area contributed by atoms with Gasteiger partial charge < -0.3 is 4.74 Å². The second-order valence-electron chi connectivity index (χ2n) is 4.69. The van der Waals surface area contributed by atoms with Crippen LogP contribution in [0.15, 0.2) is 64.0 Å². The van der Waals surface area contributed by atoms with Crippen LogP contribution in [0.3, 0.4) is 0 Å². The summed E-state index contributed by atoms with van der Waals surface area (Å²) in [4.78, 5) is 4.28. The van der Waals surface area contributed by atoms with E-state index in [9.17, 15) is 4.39 Å². The molecule has 1 aliphatic rings. The molecule has 0 aromatic heterocycles. The van der Waals surface area contributed by atoms with Crippen LogP contribution in [0.1, 0.15) is 11.1 Å². The minimum atomic E-state index is -0.264. The molecule has 0 spiro atoms. The molecule has 124 valence electrons. The van der Waals surface area contributed by atoms with Crippen molar-refractivity contribution in [2.75, 3.05) is 7.11 Å². The number of methoxy groups -OCH3 is 1. The highest BCUT2D eigenvalue weighted by molar-refractivity contribution is 8.93. The van der Waals surface area contributed by atoms with E-state index < -0.39 is 0 Å². The number of hydrogen-bond acceptors (Lipinski definition) is 5. The van der Waals surface area contributed by atoms with Crippen LogP contribution in [0.4, 0.5) is 4.39 Å². The van der Waals surface area contributed by atoms with Crippen molar-refractivity contribution in [3.8, 4) is 5.75 Å². The summed E-state index contributed by atoms with van der Waals surface area (Å²) in [6, 6.07) is 13.8. The van der Waals surface area contributed by atoms with Gasteiger partial charge in [0.1, 0.15) is 11.6 Å². The van der Waals surface area contributed by atoms with Crippen molar-refractivity contribution in [3.05, 3.63) is 70.9 Å². The molecule has 0 radical (unpaired) electrons. The molecule has 2 aromatic carbocycles. The van der Waals surface area contributed by atoms with Gasteiger partial charge in [-0.1, -0.05) is 23.9 Å². The molecular formula is C17H15BrFN3OS. The second-order valence-corrected chi connectivity index (χ2v) is 5.53. The van der Waals surface area contributed by atoms with Crippen LogP contribution in [-0.2, 0) is 0 Å². The van der Waals surface area contributed by atoms with Gasteiger partial charge in [-0.3, -0.25) is 5.43 Å². The topological polar surface area (TPSA) is 46.0 Å². The number of halogens is 2. The van der Waals surface area contributed by atoms with Gasteiger partial charge in [0.15, 0.2) is 0 Å². The van der Waals surface area contributed by atoms with Crippen LogP contribution in [0.5, 0.6) is 5.75 Å². The summed E-state index contributed by atoms with van der Waals surface area (Å²) >= 11 is 1.42. The van der Waals surface area contributed by atoms with Gasteiger partial charge in [-0.2, -0.15) is 0 Å². The molecule has 0 aliphatic carbocycles. The lowest BCUT2D eigenvalue weighted by Crippen LogP contribution is -2.10. The number of nitrogens with zero attached hydrogens (tertiary/aromatic N) is 2. The summed E-state index contributed by atoms with van der Waals surface area (Å²) in [7, 11) is 1.64. The normalized spacial score (nSPS) is 13.6. The van der Waals surface area contributed by atoms with Crippen LogP contribution in [0.2, 0.25) is 0 Å². The highest BCUT2D eigenvalue weighted by Crippen LogP contribution is 2.23. The number of nitrogens with one attached hydrogen (secondary N) is 1. The maximum absolute atomic E-state index is 12.8. The first-order valence-electron chi connectivity index (χ1n) is 6.89. The highest BCUT2D eigenvalue weighted by Gasteiger charge is 2.08. The maximum Gasteiger partial charge on any atom is 0.210 e. The molecule has 1 heterocycles. The average Bonchev–Trinajstić information content (AvgIpc) is 2.62. The van der Waals surface area contributed by atoms with Crippen LogP contribution in [0, 0.1) is 5.82 Å². The smallest absolute Gasteiger partial charge is 0.210 e. The van der Waals surface area contributed by atoms with Gasteiger partial charge in [-0.15, -0.1) is 22.1 Å². The molecule has 1 aliphatic heterocycles. The van der Waals surface area contributed by atoms with E-state index in [1.54, 1.807) is 25.5 Å². The van der Waals surface area contributed by atoms with Gasteiger partial charge in [-0.25, -0.2) is 9.38 Å². The van der Waals surface area contributed by atoms with E-state index in [2.05, 4.69) is 15.5 Å². The minimum absolute atomic E-state index is 0. The number of rotatable bonds is 3. The maximum atomic E-state index is 12.8. The number of hydrazone groups is 1. The molecule has 0 saturated carbocycles. The Morgan fingerprint density at radius 3 is 2.42 bits per heavy atom. The third-order valence-corrected chi connectivity index (χ3v) is 3.91. The quantitative estimate of drug-likeness (QED) is 0.764. The molecule has 24 heavy (non-hydrogen) atoms. The van der Waals surface area contributed by atoms with E-state index in [1.165, 1.54) is 23.9 Å². The van der Waals surface area contributed by atoms with E-state index in [4.69, 9.17) is 4.74 Å². The van der Waals surface area contributed by atoms with E-state index in [1.807, 2.05) is 29.7 Å². The number of benzene rings is 2. The number of ether oxygens (including phenoxy) is 1. The minimum Gasteiger partial charge on any atom is -0.497 e. The van der Waals surface area contributed by atoms with Gasteiger partial charge in [0, 0.05) is 17.2 Å². The first-order chi connectivity index (χ1) is 11.2. The van der Waals surface area contributed by atoms with E-state index in [0.29, 0.717) is 5.17 Å². The van der Waals surface area contributed by atoms with Crippen LogP contribution in [0.25, 0.3) is 5.70 Å². The summed E-state index contributed by atoms with van der Waals surface area (Å²) in [5.74, 6) is 0.547. The molecule has 4 nitrogen and oxygen atoms in total. The summed E-state index contributed by atoms with van der Waals surface area (Å²) in [5.41, 5.74) is 5.72. The zero-order valence-electron chi connectivity index (χ0n) is 12.8. The fraction of sp³-hybridized carbons (Fsp3) is 0.0588. The lowest BCUT2D eigenvalue weighted by atomic mass is 10.2. The van der Waals surface area contributed by atoms with Crippen LogP contribution < -0.4 is 10.2 Å². The highest BCUT2D eigenvalue weighted by atomic mass is 79.9. The fourth-order valence-electron chi connectivity index (χ4n) is 1.91. The zero-order chi connectivity index (χ0) is 16.1. The zero-order valence-corrected chi connectivity index (χ0v) is 15.3. The predicted molar refractivity (Wildman–Crippen MR) is 103 cm³/mol. The molecule has 0 bridgehead atoms. The van der Waals surface area contributed by atoms with Crippen molar-refractivity contribution in [1.82, 2.24) is 5.43 Å². The molecule has 0 saturated heterocycles. The van der Waals surface area contributed by atoms with E-state index in [-0.39, 0.29) is 22.8 Å². The lowest BCUT2D eigenvalue weighted by Gasteiger charge is -2.12. The Hall–Kier alpha value is -2.12. The van der Waals surface area contributed by atoms with Crippen molar-refractivity contribution in [1.29, 1.82) is 0 Å². The van der Waals surface area contributed by atoms with Gasteiger partial charge in [-0.05, 0) is 42.0 Å². The Balaban J connectivity index is 0.00000208. The summed E-state index contributed by atoms with van der Waals surface area (Å²) < 4.78 is 18.0. The molecule has 0 fully saturated rings. The molecule has 0 atom stereocenters. The molecule has 7 heteroatoms. The largest absolute Gasteiger partial charge is 0.497 e. The molecular weight excluding hydrogens is 393 g/mol. The molecule has 0 unspecified atom stereocenters. The molecule has 2 aromatic rings. The third-order valence-electron chi connectivity index (χ3n) is 3.15. The predicted octanol–water partition coefficient (Wildman–Crippen LogP) is 4.44. The summed E-state index contributed by atoms with van der Waals surface area (Å²) in [6.45, 7) is 0. The van der Waals surface area contributed by atoms with Gasteiger partial charge in [0.2, 0.25) is 5.17 Å². The summed E-state index contributed by atoms with van der Waals surface area (Å²) in [5, 5.41) is 6.76. The van der Waals surface area contributed by atoms with Gasteiger partial charge in [0.25, 0.3) is 0 Å². The molecule has 0 amide bonds. The Morgan fingerprint density at radius 2 is 1.83 bits per heavy atom. The number of thioether (sulfide) groups is 1. The number of hydrogen-bond donors (Lipinski definition) is 1. The lowest BCUT2D eigenvalue weighted by molar-refractivity contribution is 0.415. The Morgan fingerprint density at radius 1 is 1.12 bits per heavy atom. The Kier molecular flexibility index (Phi) is 6.57. The second kappa shape index (κ2) is 8.65. The van der Waals surface area contributed by atoms with Crippen molar-refractivity contribution >= 4 is 45.8 Å². The Labute approximate surface area is 154 Å². The monoisotopic (exact) mass is 407 g/mol. The first kappa shape index (κ1) is 18.2. The fourth-order valence-corrected chi connectivity index (χ4v) is 2.54. The summed E-state index contributed by atoms with van der Waals surface area (Å²) in [6.07, 6.45) is 1.65. The SMILES string of the molecule is Br.COc1ccc(C2=CSC(N=Cc3ccc(F)cc3)=NN2)cc1. The Bertz CT molecular complexity index is 773. The first-order valence-corrected chi connectivity index (χ1v) is 7.77. The number of amidine groups is 1. The van der Waals surface area contributed by atoms with Crippen molar-refractivity contribution < 1.29 is 9.13 Å². The van der Waals surface area contributed by atoms with Crippen molar-refractivity contribution in [2.24, 2.45) is 10.1 Å².